The highest BCUT2D eigenvalue weighted by molar-refractivity contribution is 5.71. The van der Waals surface area contributed by atoms with Gasteiger partial charge in [-0.2, -0.15) is 0 Å². The van der Waals surface area contributed by atoms with Crippen LogP contribution in [0.4, 0.5) is 0 Å². The smallest absolute Gasteiger partial charge is 0.306 e. The number of nitrogens with zero attached hydrogens (tertiary/aromatic N) is 2. The standard InChI is InChI=1S/C35H42N2O4/c1-22(34(38)39)33(24-7-8-24)27-9-6-23-11-13-30(41-31(23)19-27)26-10-12-29(25-14-16-36-32(20-25)40-4)28(18-26)21-37-17-5-15-35(37,2)3/h6,9-10,12,14,16,18-20,22,24,30,33H,5,7-8,11,13,15,17,21H2,1-4H3,(H,38,39)/t22-,30-,33?/m0/s1. The lowest BCUT2D eigenvalue weighted by atomic mass is 9.82. The van der Waals surface area contributed by atoms with Crippen LogP contribution in [0.3, 0.4) is 0 Å². The normalized spacial score (nSPS) is 21.5. The molecule has 6 nitrogen and oxygen atoms in total. The lowest BCUT2D eigenvalue weighted by Crippen LogP contribution is -2.37. The molecule has 1 saturated heterocycles. The van der Waals surface area contributed by atoms with Gasteiger partial charge in [0.15, 0.2) is 0 Å². The number of aryl methyl sites for hydroxylation is 1. The maximum Gasteiger partial charge on any atom is 0.306 e. The molecule has 0 amide bonds. The highest BCUT2D eigenvalue weighted by atomic mass is 16.5. The molecule has 3 aliphatic rings. The summed E-state index contributed by atoms with van der Waals surface area (Å²) in [5.74, 6) is 0.885. The number of pyridine rings is 1. The first-order chi connectivity index (χ1) is 19.7. The van der Waals surface area contributed by atoms with Gasteiger partial charge in [0.05, 0.1) is 13.0 Å². The van der Waals surface area contributed by atoms with Crippen molar-refractivity contribution in [3.8, 4) is 22.8 Å². The number of carbonyl (C=O) groups is 1. The zero-order valence-electron chi connectivity index (χ0n) is 24.7. The Morgan fingerprint density at radius 1 is 1.15 bits per heavy atom. The SMILES string of the molecule is COc1cc(-c2ccc([C@@H]3CCc4ccc(C(C5CC5)[C@H](C)C(=O)O)cc4O3)cc2CN2CCCC2(C)C)ccn1. The molecule has 2 aliphatic heterocycles. The van der Waals surface area contributed by atoms with Crippen molar-refractivity contribution in [2.75, 3.05) is 13.7 Å². The molecule has 216 valence electrons. The molecule has 2 fully saturated rings. The Hall–Kier alpha value is -3.38. The number of rotatable bonds is 9. The third-order valence-electron chi connectivity index (χ3n) is 9.67. The van der Waals surface area contributed by atoms with E-state index in [0.717, 1.165) is 55.6 Å². The van der Waals surface area contributed by atoms with Crippen molar-refractivity contribution in [3.63, 3.8) is 0 Å². The van der Waals surface area contributed by atoms with Crippen molar-refractivity contribution < 1.29 is 19.4 Å². The number of hydrogen-bond donors (Lipinski definition) is 1. The van der Waals surface area contributed by atoms with Crippen LogP contribution >= 0.6 is 0 Å². The summed E-state index contributed by atoms with van der Waals surface area (Å²) in [6, 6.07) is 17.3. The molecule has 1 unspecified atom stereocenters. The Labute approximate surface area is 243 Å². The summed E-state index contributed by atoms with van der Waals surface area (Å²) in [7, 11) is 1.65. The van der Waals surface area contributed by atoms with Crippen LogP contribution in [-0.4, -0.2) is 40.2 Å². The molecule has 41 heavy (non-hydrogen) atoms. The van der Waals surface area contributed by atoms with Crippen LogP contribution in [-0.2, 0) is 17.8 Å². The molecular formula is C35H42N2O4. The summed E-state index contributed by atoms with van der Waals surface area (Å²) >= 11 is 0. The highest BCUT2D eigenvalue weighted by Gasteiger charge is 2.39. The second kappa shape index (κ2) is 11.1. The number of methoxy groups -OCH3 is 1. The summed E-state index contributed by atoms with van der Waals surface area (Å²) < 4.78 is 12.1. The number of ether oxygens (including phenoxy) is 2. The van der Waals surface area contributed by atoms with E-state index >= 15 is 0 Å². The third-order valence-corrected chi connectivity index (χ3v) is 9.67. The summed E-state index contributed by atoms with van der Waals surface area (Å²) in [5.41, 5.74) is 7.26. The summed E-state index contributed by atoms with van der Waals surface area (Å²) in [6.07, 6.45) is 8.27. The molecule has 1 aromatic heterocycles. The lowest BCUT2D eigenvalue weighted by molar-refractivity contribution is -0.142. The number of aromatic nitrogens is 1. The second-order valence-corrected chi connectivity index (χ2v) is 12.8. The van der Waals surface area contributed by atoms with E-state index in [4.69, 9.17) is 9.47 Å². The number of carboxylic acids is 1. The second-order valence-electron chi connectivity index (χ2n) is 12.8. The molecule has 0 spiro atoms. The average Bonchev–Trinajstić information content (AvgIpc) is 3.75. The Morgan fingerprint density at radius 3 is 2.68 bits per heavy atom. The van der Waals surface area contributed by atoms with Gasteiger partial charge in [0.25, 0.3) is 0 Å². The number of benzene rings is 2. The van der Waals surface area contributed by atoms with Crippen molar-refractivity contribution in [1.29, 1.82) is 0 Å². The molecular weight excluding hydrogens is 512 g/mol. The number of likely N-dealkylation sites (tertiary alicyclic amines) is 1. The summed E-state index contributed by atoms with van der Waals surface area (Å²) in [5, 5.41) is 9.77. The first-order valence-electron chi connectivity index (χ1n) is 15.1. The number of carboxylic acid groups (broad SMARTS) is 1. The molecule has 6 heteroatoms. The van der Waals surface area contributed by atoms with Crippen molar-refractivity contribution >= 4 is 5.97 Å². The van der Waals surface area contributed by atoms with E-state index in [1.54, 1.807) is 7.11 Å². The van der Waals surface area contributed by atoms with E-state index in [-0.39, 0.29) is 17.6 Å². The van der Waals surface area contributed by atoms with Crippen LogP contribution in [0, 0.1) is 11.8 Å². The van der Waals surface area contributed by atoms with Crippen molar-refractivity contribution in [1.82, 2.24) is 9.88 Å². The van der Waals surface area contributed by atoms with Crippen LogP contribution in [0.25, 0.3) is 11.1 Å². The fraction of sp³-hybridized carbons (Fsp3) is 0.486. The topological polar surface area (TPSA) is 71.9 Å². The zero-order valence-corrected chi connectivity index (χ0v) is 24.7. The van der Waals surface area contributed by atoms with Gasteiger partial charge >= 0.3 is 5.97 Å². The quantitative estimate of drug-likeness (QED) is 0.297. The minimum Gasteiger partial charge on any atom is -0.485 e. The minimum atomic E-state index is -0.723. The monoisotopic (exact) mass is 554 g/mol. The van der Waals surface area contributed by atoms with E-state index in [1.807, 2.05) is 19.2 Å². The van der Waals surface area contributed by atoms with Crippen LogP contribution < -0.4 is 9.47 Å². The van der Waals surface area contributed by atoms with Gasteiger partial charge in [0.1, 0.15) is 11.9 Å². The van der Waals surface area contributed by atoms with Crippen LogP contribution in [0.1, 0.15) is 87.2 Å². The third kappa shape index (κ3) is 5.72. The highest BCUT2D eigenvalue weighted by Crippen LogP contribution is 2.48. The van der Waals surface area contributed by atoms with E-state index in [2.05, 4.69) is 66.2 Å². The van der Waals surface area contributed by atoms with Gasteiger partial charge in [-0.15, -0.1) is 0 Å². The van der Waals surface area contributed by atoms with Gasteiger partial charge < -0.3 is 14.6 Å². The molecule has 1 saturated carbocycles. The Bertz CT molecular complexity index is 1430. The Balaban J connectivity index is 1.31. The Kier molecular flexibility index (Phi) is 7.54. The van der Waals surface area contributed by atoms with E-state index in [9.17, 15) is 9.90 Å². The molecule has 6 rings (SSSR count). The van der Waals surface area contributed by atoms with E-state index < -0.39 is 11.9 Å². The first-order valence-corrected chi connectivity index (χ1v) is 15.1. The van der Waals surface area contributed by atoms with E-state index in [1.165, 1.54) is 35.1 Å². The molecule has 0 bridgehead atoms. The van der Waals surface area contributed by atoms with Gasteiger partial charge in [0.2, 0.25) is 5.88 Å². The van der Waals surface area contributed by atoms with Crippen LogP contribution in [0.5, 0.6) is 11.6 Å². The van der Waals surface area contributed by atoms with Gasteiger partial charge in [-0.25, -0.2) is 4.98 Å². The number of hydrogen-bond acceptors (Lipinski definition) is 5. The van der Waals surface area contributed by atoms with Gasteiger partial charge in [-0.3, -0.25) is 9.69 Å². The predicted molar refractivity (Wildman–Crippen MR) is 160 cm³/mol. The molecule has 3 aromatic rings. The summed E-state index contributed by atoms with van der Waals surface area (Å²) in [4.78, 5) is 18.8. The van der Waals surface area contributed by atoms with Crippen LogP contribution in [0.2, 0.25) is 0 Å². The van der Waals surface area contributed by atoms with Crippen LogP contribution in [0.15, 0.2) is 54.7 Å². The van der Waals surface area contributed by atoms with Gasteiger partial charge in [-0.1, -0.05) is 37.3 Å². The molecule has 0 radical (unpaired) electrons. The molecule has 1 aliphatic carbocycles. The maximum atomic E-state index is 11.9. The lowest BCUT2D eigenvalue weighted by Gasteiger charge is -2.33. The van der Waals surface area contributed by atoms with Crippen molar-refractivity contribution in [2.24, 2.45) is 11.8 Å². The van der Waals surface area contributed by atoms with Crippen molar-refractivity contribution in [2.45, 2.75) is 83.4 Å². The predicted octanol–water partition coefficient (Wildman–Crippen LogP) is 7.41. The fourth-order valence-electron chi connectivity index (χ4n) is 6.98. The average molecular weight is 555 g/mol. The van der Waals surface area contributed by atoms with Gasteiger partial charge in [0, 0.05) is 24.3 Å². The molecule has 1 N–H and O–H groups in total. The number of fused-ring (bicyclic) bond motifs is 1. The molecule has 3 atom stereocenters. The van der Waals surface area contributed by atoms with E-state index in [0.29, 0.717) is 11.8 Å². The first kappa shape index (κ1) is 27.8. The number of aliphatic carboxylic acids is 1. The fourth-order valence-corrected chi connectivity index (χ4v) is 6.98. The maximum absolute atomic E-state index is 11.9. The molecule has 3 heterocycles. The van der Waals surface area contributed by atoms with Gasteiger partial charge in [-0.05, 0) is 116 Å². The van der Waals surface area contributed by atoms with Crippen molar-refractivity contribution in [3.05, 3.63) is 77.0 Å². The summed E-state index contributed by atoms with van der Waals surface area (Å²) in [6.45, 7) is 8.51. The largest absolute Gasteiger partial charge is 0.485 e. The zero-order chi connectivity index (χ0) is 28.7. The minimum absolute atomic E-state index is 0.0360. The Morgan fingerprint density at radius 2 is 1.98 bits per heavy atom. The molecule has 2 aromatic carbocycles.